The summed E-state index contributed by atoms with van der Waals surface area (Å²) in [5.74, 6) is -10.9. The number of aldehydes is 1. The molecule has 3 amide bonds. The Hall–Kier alpha value is -4.26. The van der Waals surface area contributed by atoms with Crippen molar-refractivity contribution in [2.45, 2.75) is 6.92 Å². The second kappa shape index (κ2) is 11.4. The molecule has 1 saturated heterocycles. The van der Waals surface area contributed by atoms with Crippen LogP contribution in [0.15, 0.2) is 41.4 Å². The Morgan fingerprint density at radius 1 is 0.947 bits per heavy atom. The number of ketones is 4. The van der Waals surface area contributed by atoms with Crippen molar-refractivity contribution in [2.24, 2.45) is 10.9 Å². The van der Waals surface area contributed by atoms with E-state index >= 15 is 0 Å². The topological polar surface area (TPSA) is 167 Å². The quantitative estimate of drug-likeness (QED) is 0.265. The number of hydrogen-bond acceptors (Lipinski definition) is 9. The van der Waals surface area contributed by atoms with Gasteiger partial charge in [0.1, 0.15) is 5.84 Å². The van der Waals surface area contributed by atoms with Gasteiger partial charge in [0.25, 0.3) is 29.0 Å². The average molecular weight is 580 g/mol. The van der Waals surface area contributed by atoms with Crippen molar-refractivity contribution >= 4 is 105 Å². The molecule has 1 heterocycles. The molecule has 0 aromatic heterocycles. The molecule has 2 aromatic carbocycles. The zero-order chi connectivity index (χ0) is 28.3. The minimum Gasteiger partial charge on any atom is -0.294 e. The predicted molar refractivity (Wildman–Crippen MR) is 134 cm³/mol. The van der Waals surface area contributed by atoms with Crippen LogP contribution in [0, 0.1) is 5.92 Å². The summed E-state index contributed by atoms with van der Waals surface area (Å²) in [6.45, 7) is 1.54. The molecule has 0 radical (unpaired) electrons. The molecule has 1 unspecified atom stereocenters. The number of benzene rings is 2. The first-order chi connectivity index (χ1) is 17.9. The molecule has 15 heteroatoms. The maximum Gasteiger partial charge on any atom is 0.309 e. The zero-order valence-electron chi connectivity index (χ0n) is 18.9. The first kappa shape index (κ1) is 28.3. The van der Waals surface area contributed by atoms with Gasteiger partial charge >= 0.3 is 5.91 Å². The van der Waals surface area contributed by atoms with Gasteiger partial charge in [-0.25, -0.2) is 14.9 Å². The summed E-state index contributed by atoms with van der Waals surface area (Å²) in [5.41, 5.74) is 2.68. The second-order valence-electron chi connectivity index (χ2n) is 7.49. The van der Waals surface area contributed by atoms with Gasteiger partial charge in [0.15, 0.2) is 6.29 Å². The molecular weight excluding hydrogens is 567 g/mol. The third kappa shape index (κ3) is 5.52. The summed E-state index contributed by atoms with van der Waals surface area (Å²) < 4.78 is 0. The minimum absolute atomic E-state index is 0.00870. The van der Waals surface area contributed by atoms with Crippen LogP contribution in [0.1, 0.15) is 6.92 Å². The molecule has 12 nitrogen and oxygen atoms in total. The van der Waals surface area contributed by atoms with Gasteiger partial charge in [-0.05, 0) is 43.3 Å². The fourth-order valence-corrected chi connectivity index (χ4v) is 3.63. The van der Waals surface area contributed by atoms with Crippen molar-refractivity contribution in [3.8, 4) is 0 Å². The van der Waals surface area contributed by atoms with Crippen molar-refractivity contribution < 1.29 is 38.4 Å². The number of aliphatic imine (C=N–C) groups is 1. The normalized spacial score (nSPS) is 15.6. The highest BCUT2D eigenvalue weighted by Crippen LogP contribution is 2.34. The van der Waals surface area contributed by atoms with E-state index in [1.54, 1.807) is 0 Å². The Balaban J connectivity index is 1.93. The van der Waals surface area contributed by atoms with E-state index in [1.165, 1.54) is 31.2 Å². The van der Waals surface area contributed by atoms with Gasteiger partial charge in [0, 0.05) is 5.02 Å². The number of halogens is 3. The van der Waals surface area contributed by atoms with Crippen molar-refractivity contribution in [1.82, 2.24) is 5.43 Å². The fraction of sp³-hybridized carbons (Fsp3) is 0.0870. The summed E-state index contributed by atoms with van der Waals surface area (Å²) in [5, 5.41) is 1.67. The monoisotopic (exact) mass is 578 g/mol. The molecule has 0 spiro atoms. The number of carbonyl (C=O) groups is 8. The van der Waals surface area contributed by atoms with Crippen LogP contribution in [0.3, 0.4) is 0 Å². The van der Waals surface area contributed by atoms with Gasteiger partial charge in [-0.15, -0.1) is 0 Å². The molecule has 3 rings (SSSR count). The lowest BCUT2D eigenvalue weighted by atomic mass is 10.1. The number of imide groups is 1. The van der Waals surface area contributed by atoms with Crippen molar-refractivity contribution in [3.05, 3.63) is 51.5 Å². The SMILES string of the molecule is CC1C(=O)N(c2cc(Cl)ccc2Cl)NC1=Nc1cc(N(C=O)C(=O)C(=O)C(=O)C(=O)C(=O)C=O)ccc1Cl. The Kier molecular flexibility index (Phi) is 8.51. The maximum absolute atomic E-state index is 12.8. The molecule has 194 valence electrons. The Morgan fingerprint density at radius 2 is 1.61 bits per heavy atom. The smallest absolute Gasteiger partial charge is 0.294 e. The number of amides is 3. The number of rotatable bonds is 9. The Bertz CT molecular complexity index is 1470. The predicted octanol–water partition coefficient (Wildman–Crippen LogP) is 1.83. The van der Waals surface area contributed by atoms with E-state index in [0.29, 0.717) is 5.02 Å². The fourth-order valence-electron chi connectivity index (χ4n) is 3.10. The van der Waals surface area contributed by atoms with Crippen molar-refractivity contribution in [3.63, 3.8) is 0 Å². The first-order valence-corrected chi connectivity index (χ1v) is 11.4. The van der Waals surface area contributed by atoms with Crippen LogP contribution in [0.2, 0.25) is 15.1 Å². The lowest BCUT2D eigenvalue weighted by molar-refractivity contribution is -0.151. The molecule has 1 aliphatic rings. The van der Waals surface area contributed by atoms with Gasteiger partial charge in [-0.3, -0.25) is 43.8 Å². The van der Waals surface area contributed by atoms with E-state index in [4.69, 9.17) is 34.8 Å². The summed E-state index contributed by atoms with van der Waals surface area (Å²) in [7, 11) is 0. The molecule has 1 N–H and O–H groups in total. The molecule has 1 atom stereocenters. The summed E-state index contributed by atoms with van der Waals surface area (Å²) in [4.78, 5) is 98.2. The van der Waals surface area contributed by atoms with E-state index < -0.39 is 47.2 Å². The van der Waals surface area contributed by atoms with E-state index in [0.717, 1.165) is 17.1 Å². The van der Waals surface area contributed by atoms with E-state index in [1.807, 2.05) is 0 Å². The van der Waals surface area contributed by atoms with Gasteiger partial charge < -0.3 is 0 Å². The van der Waals surface area contributed by atoms with Crippen LogP contribution in [0.5, 0.6) is 0 Å². The summed E-state index contributed by atoms with van der Waals surface area (Å²) >= 11 is 18.4. The molecule has 0 saturated carbocycles. The number of anilines is 2. The third-order valence-electron chi connectivity index (χ3n) is 5.09. The van der Waals surface area contributed by atoms with E-state index in [9.17, 15) is 38.4 Å². The lowest BCUT2D eigenvalue weighted by Gasteiger charge is -2.18. The van der Waals surface area contributed by atoms with E-state index in [-0.39, 0.29) is 44.3 Å². The van der Waals surface area contributed by atoms with Crippen LogP contribution in [0.25, 0.3) is 0 Å². The number of nitrogens with one attached hydrogen (secondary N) is 1. The van der Waals surface area contributed by atoms with Crippen LogP contribution in [-0.4, -0.2) is 53.5 Å². The minimum atomic E-state index is -2.09. The molecule has 0 aliphatic carbocycles. The van der Waals surface area contributed by atoms with Gasteiger partial charge in [0.2, 0.25) is 6.41 Å². The standard InChI is InChI=1S/C23H13Cl3N4O8/c1-10-21(28-30(22(10)37)16-6-11(24)2-4-14(16)26)27-15-7-12(3-5-13(15)25)29(9-32)23(38)20(36)19(35)18(34)17(33)8-31/h2-10H,1H3,(H,27,28). The number of carbonyl (C=O) groups excluding carboxylic acids is 8. The number of hydrazine groups is 1. The van der Waals surface area contributed by atoms with Gasteiger partial charge in [-0.1, -0.05) is 34.8 Å². The second-order valence-corrected chi connectivity index (χ2v) is 8.74. The van der Waals surface area contributed by atoms with Crippen LogP contribution in [0.4, 0.5) is 17.1 Å². The Morgan fingerprint density at radius 3 is 2.24 bits per heavy atom. The maximum atomic E-state index is 12.8. The van der Waals surface area contributed by atoms with Crippen LogP contribution < -0.4 is 15.3 Å². The average Bonchev–Trinajstić information content (AvgIpc) is 3.18. The third-order valence-corrected chi connectivity index (χ3v) is 5.96. The van der Waals surface area contributed by atoms with Crippen molar-refractivity contribution in [2.75, 3.05) is 9.91 Å². The van der Waals surface area contributed by atoms with Crippen LogP contribution in [-0.2, 0) is 38.4 Å². The largest absolute Gasteiger partial charge is 0.309 e. The summed E-state index contributed by atoms with van der Waals surface area (Å²) in [6, 6.07) is 7.91. The number of hydrogen-bond donors (Lipinski definition) is 1. The van der Waals surface area contributed by atoms with E-state index in [2.05, 4.69) is 10.4 Å². The first-order valence-electron chi connectivity index (χ1n) is 10.3. The van der Waals surface area contributed by atoms with Crippen LogP contribution >= 0.6 is 34.8 Å². The molecule has 2 aromatic rings. The number of nitrogens with zero attached hydrogens (tertiary/aromatic N) is 3. The Labute approximate surface area is 228 Å². The highest BCUT2D eigenvalue weighted by molar-refractivity contribution is 6.91. The molecule has 38 heavy (non-hydrogen) atoms. The highest BCUT2D eigenvalue weighted by atomic mass is 35.5. The molecule has 1 aliphatic heterocycles. The zero-order valence-corrected chi connectivity index (χ0v) is 21.2. The number of Topliss-reactive ketones (excluding diaryl/α,β-unsaturated/α-hetero) is 4. The van der Waals surface area contributed by atoms with Gasteiger partial charge in [-0.2, -0.15) is 0 Å². The molecule has 0 bridgehead atoms. The lowest BCUT2D eigenvalue weighted by Crippen LogP contribution is -2.43. The summed E-state index contributed by atoms with van der Waals surface area (Å²) in [6.07, 6.45) is -0.618. The molecule has 1 fully saturated rings. The highest BCUT2D eigenvalue weighted by Gasteiger charge is 2.37. The van der Waals surface area contributed by atoms with Gasteiger partial charge in [0.05, 0.1) is 33.0 Å². The number of amidine groups is 1. The molecular formula is C23H13Cl3N4O8. The van der Waals surface area contributed by atoms with Crippen molar-refractivity contribution in [1.29, 1.82) is 0 Å².